The lowest BCUT2D eigenvalue weighted by molar-refractivity contribution is -0.114. The van der Waals surface area contributed by atoms with Gasteiger partial charge in [-0.2, -0.15) is 5.10 Å². The predicted octanol–water partition coefficient (Wildman–Crippen LogP) is 1.77. The van der Waals surface area contributed by atoms with Crippen LogP contribution in [0.1, 0.15) is 24.7 Å². The number of aryl methyl sites for hydroxylation is 1. The Balaban J connectivity index is 1.57. The maximum absolute atomic E-state index is 11.5. The molecule has 1 amide bonds. The van der Waals surface area contributed by atoms with Gasteiger partial charge in [0.15, 0.2) is 15.7 Å². The maximum atomic E-state index is 11.5. The largest absolute Gasteiger partial charge is 0.493 e. The summed E-state index contributed by atoms with van der Waals surface area (Å²) in [4.78, 5) is 20.7. The fourth-order valence-electron chi connectivity index (χ4n) is 4.49. The van der Waals surface area contributed by atoms with Crippen LogP contribution in [0.25, 0.3) is 16.7 Å². The van der Waals surface area contributed by atoms with Crippen LogP contribution in [0.3, 0.4) is 0 Å². The molecular weight excluding hydrogens is 474 g/mol. The molecule has 0 bridgehead atoms. The van der Waals surface area contributed by atoms with E-state index in [0.29, 0.717) is 42.7 Å². The number of aromatic nitrogens is 4. The molecule has 5 heterocycles. The molecule has 2 aliphatic heterocycles. The first-order valence-electron chi connectivity index (χ1n) is 11.3. The minimum atomic E-state index is -2.93. The molecule has 12 heteroatoms. The fraction of sp³-hybridized carbons (Fsp3) is 0.478. The molecule has 3 aromatic rings. The van der Waals surface area contributed by atoms with Crippen molar-refractivity contribution in [1.82, 2.24) is 19.7 Å². The summed E-state index contributed by atoms with van der Waals surface area (Å²) in [6, 6.07) is 5.33. The van der Waals surface area contributed by atoms with Crippen LogP contribution in [0.4, 0.5) is 5.82 Å². The lowest BCUT2D eigenvalue weighted by Crippen LogP contribution is -2.40. The second-order valence-electron chi connectivity index (χ2n) is 9.07. The summed E-state index contributed by atoms with van der Waals surface area (Å²) in [6.07, 6.45) is 2.30. The summed E-state index contributed by atoms with van der Waals surface area (Å²) in [5, 5.41) is 8.19. The van der Waals surface area contributed by atoms with E-state index in [9.17, 15) is 13.2 Å². The number of hydrogen-bond donors (Lipinski definition) is 1. The van der Waals surface area contributed by atoms with Gasteiger partial charge in [-0.3, -0.25) is 4.79 Å². The monoisotopic (exact) mass is 501 g/mol. The van der Waals surface area contributed by atoms with Crippen LogP contribution in [0.5, 0.6) is 5.75 Å². The van der Waals surface area contributed by atoms with E-state index in [1.54, 1.807) is 30.1 Å². The van der Waals surface area contributed by atoms with Gasteiger partial charge in [0.1, 0.15) is 17.2 Å². The van der Waals surface area contributed by atoms with Gasteiger partial charge in [-0.25, -0.2) is 23.1 Å². The Morgan fingerprint density at radius 2 is 2.11 bits per heavy atom. The standard InChI is InChI=1S/C23H27N5O6S/c1-14-18-9-24-21(25-15(2)29)8-19(18)28(27-14)22-7-17(34-10-16-11-35(30,31)12-16)6-20(26-22)23(32-3)4-5-33-13-23/h6-9,16H,4-5,10-13H2,1-3H3,(H,24,25,29)/t23-/m0/s1. The van der Waals surface area contributed by atoms with E-state index in [-0.39, 0.29) is 29.9 Å². The van der Waals surface area contributed by atoms with Crippen molar-refractivity contribution in [1.29, 1.82) is 0 Å². The second kappa shape index (κ2) is 8.85. The molecule has 0 aromatic carbocycles. The number of amides is 1. The summed E-state index contributed by atoms with van der Waals surface area (Å²) in [5.74, 6) is 1.45. The van der Waals surface area contributed by atoms with Gasteiger partial charge in [-0.15, -0.1) is 0 Å². The Morgan fingerprint density at radius 3 is 2.77 bits per heavy atom. The highest BCUT2D eigenvalue weighted by atomic mass is 32.2. The second-order valence-corrected chi connectivity index (χ2v) is 11.2. The number of hydrogen-bond acceptors (Lipinski definition) is 9. The topological polar surface area (TPSA) is 135 Å². The average molecular weight is 502 g/mol. The molecule has 0 aliphatic carbocycles. The fourth-order valence-corrected chi connectivity index (χ4v) is 6.02. The third-order valence-corrected chi connectivity index (χ3v) is 8.32. The van der Waals surface area contributed by atoms with Gasteiger partial charge in [-0.1, -0.05) is 0 Å². The van der Waals surface area contributed by atoms with Gasteiger partial charge < -0.3 is 19.5 Å². The molecule has 35 heavy (non-hydrogen) atoms. The van der Waals surface area contributed by atoms with E-state index in [1.165, 1.54) is 6.92 Å². The van der Waals surface area contributed by atoms with Crippen molar-refractivity contribution in [2.24, 2.45) is 5.92 Å². The Labute approximate surface area is 202 Å². The Hall–Kier alpha value is -3.09. The summed E-state index contributed by atoms with van der Waals surface area (Å²) < 4.78 is 42.3. The van der Waals surface area contributed by atoms with Crippen LogP contribution >= 0.6 is 0 Å². The van der Waals surface area contributed by atoms with E-state index in [0.717, 1.165) is 16.6 Å². The van der Waals surface area contributed by atoms with E-state index in [1.807, 2.05) is 13.0 Å². The number of fused-ring (bicyclic) bond motifs is 1. The van der Waals surface area contributed by atoms with Crippen molar-refractivity contribution >= 4 is 32.5 Å². The summed E-state index contributed by atoms with van der Waals surface area (Å²) >= 11 is 0. The van der Waals surface area contributed by atoms with E-state index in [4.69, 9.17) is 19.2 Å². The van der Waals surface area contributed by atoms with Crippen molar-refractivity contribution in [2.75, 3.05) is 43.8 Å². The number of nitrogens with one attached hydrogen (secondary N) is 1. The van der Waals surface area contributed by atoms with Crippen LogP contribution < -0.4 is 10.1 Å². The number of pyridine rings is 2. The number of carbonyl (C=O) groups is 1. The van der Waals surface area contributed by atoms with Crippen molar-refractivity contribution in [3.05, 3.63) is 35.8 Å². The predicted molar refractivity (Wildman–Crippen MR) is 127 cm³/mol. The lowest BCUT2D eigenvalue weighted by atomic mass is 9.97. The maximum Gasteiger partial charge on any atom is 0.222 e. The first kappa shape index (κ1) is 23.6. The van der Waals surface area contributed by atoms with Crippen molar-refractivity contribution < 1.29 is 27.4 Å². The number of carbonyl (C=O) groups excluding carboxylic acids is 1. The highest BCUT2D eigenvalue weighted by Crippen LogP contribution is 2.36. The molecule has 0 unspecified atom stereocenters. The van der Waals surface area contributed by atoms with Crippen LogP contribution in [-0.4, -0.2) is 72.5 Å². The van der Waals surface area contributed by atoms with Crippen LogP contribution in [0.2, 0.25) is 0 Å². The molecule has 0 saturated carbocycles. The highest BCUT2D eigenvalue weighted by Gasteiger charge is 2.39. The molecule has 2 aliphatic rings. The van der Waals surface area contributed by atoms with Gasteiger partial charge >= 0.3 is 0 Å². The Morgan fingerprint density at radius 1 is 1.31 bits per heavy atom. The number of nitrogens with zero attached hydrogens (tertiary/aromatic N) is 4. The van der Waals surface area contributed by atoms with E-state index in [2.05, 4.69) is 15.4 Å². The lowest BCUT2D eigenvalue weighted by Gasteiger charge is -2.27. The molecule has 5 rings (SSSR count). The molecule has 186 valence electrons. The molecule has 11 nitrogen and oxygen atoms in total. The normalized spacial score (nSPS) is 21.7. The van der Waals surface area contributed by atoms with Gasteiger partial charge in [0.2, 0.25) is 5.91 Å². The first-order valence-corrected chi connectivity index (χ1v) is 13.1. The van der Waals surface area contributed by atoms with E-state index < -0.39 is 15.4 Å². The van der Waals surface area contributed by atoms with Crippen molar-refractivity contribution in [3.63, 3.8) is 0 Å². The minimum absolute atomic E-state index is 0.0367. The third kappa shape index (κ3) is 4.60. The van der Waals surface area contributed by atoms with Gasteiger partial charge in [0.05, 0.1) is 41.6 Å². The molecule has 1 N–H and O–H groups in total. The molecule has 2 fully saturated rings. The van der Waals surface area contributed by atoms with Gasteiger partial charge in [0, 0.05) is 62.8 Å². The van der Waals surface area contributed by atoms with Crippen LogP contribution in [0.15, 0.2) is 24.4 Å². The highest BCUT2D eigenvalue weighted by molar-refractivity contribution is 7.92. The van der Waals surface area contributed by atoms with Crippen LogP contribution in [0, 0.1) is 12.8 Å². The summed E-state index contributed by atoms with van der Waals surface area (Å²) in [7, 11) is -1.31. The molecule has 2 saturated heterocycles. The van der Waals surface area contributed by atoms with Gasteiger partial charge in [0.25, 0.3) is 0 Å². The summed E-state index contributed by atoms with van der Waals surface area (Å²) in [6.45, 7) is 4.48. The van der Waals surface area contributed by atoms with Crippen molar-refractivity contribution in [2.45, 2.75) is 25.9 Å². The number of anilines is 1. The third-order valence-electron chi connectivity index (χ3n) is 6.36. The van der Waals surface area contributed by atoms with E-state index >= 15 is 0 Å². The van der Waals surface area contributed by atoms with Crippen molar-refractivity contribution in [3.8, 4) is 11.6 Å². The molecule has 3 aromatic heterocycles. The number of rotatable bonds is 7. The average Bonchev–Trinajstić information content (AvgIpc) is 3.41. The zero-order valence-corrected chi connectivity index (χ0v) is 20.6. The number of methoxy groups -OCH3 is 1. The minimum Gasteiger partial charge on any atom is -0.493 e. The Kier molecular flexibility index (Phi) is 5.98. The molecule has 0 spiro atoms. The van der Waals surface area contributed by atoms with Crippen LogP contribution in [-0.2, 0) is 29.7 Å². The smallest absolute Gasteiger partial charge is 0.222 e. The number of sulfone groups is 1. The summed E-state index contributed by atoms with van der Waals surface area (Å²) in [5.41, 5.74) is 1.39. The molecular formula is C23H27N5O6S. The molecule has 1 atom stereocenters. The zero-order valence-electron chi connectivity index (χ0n) is 19.8. The quantitative estimate of drug-likeness (QED) is 0.514. The number of ether oxygens (including phenoxy) is 3. The first-order chi connectivity index (χ1) is 16.7. The zero-order chi connectivity index (χ0) is 24.8. The molecule has 0 radical (unpaired) electrons. The van der Waals surface area contributed by atoms with Gasteiger partial charge in [-0.05, 0) is 6.92 Å². The Bertz CT molecular complexity index is 1380. The SMILES string of the molecule is CO[C@@]1(c2cc(OCC3CS(=O)(=O)C3)cc(-n3nc(C)c4cnc(NC(C)=O)cc43)n2)CCOC1.